The molecular weight excluding hydrogens is 176 g/mol. The zero-order valence-corrected chi connectivity index (χ0v) is 7.39. The Morgan fingerprint density at radius 2 is 2.08 bits per heavy atom. The summed E-state index contributed by atoms with van der Waals surface area (Å²) < 4.78 is 21.3. The number of hydrogen-bond acceptors (Lipinski definition) is 3. The van der Waals surface area contributed by atoms with Gasteiger partial charge in [0.15, 0.2) is 11.5 Å². The number of benzene rings is 1. The smallest absolute Gasteiger partial charge is 0.231 e. The molecule has 4 heteroatoms. The van der Waals surface area contributed by atoms with E-state index in [1.165, 1.54) is 0 Å². The molecule has 0 fully saturated rings. The van der Waals surface area contributed by atoms with Gasteiger partial charge in [-0.3, -0.25) is 4.21 Å². The quantitative estimate of drug-likeness (QED) is 0.656. The SMILES string of the molecule is CS(=O)c1ccc2c(c1)OCO2. The monoisotopic (exact) mass is 184 g/mol. The van der Waals surface area contributed by atoms with Crippen molar-refractivity contribution in [2.45, 2.75) is 4.90 Å². The highest BCUT2D eigenvalue weighted by molar-refractivity contribution is 7.84. The van der Waals surface area contributed by atoms with Crippen LogP contribution in [0, 0.1) is 0 Å². The van der Waals surface area contributed by atoms with E-state index in [2.05, 4.69) is 0 Å². The second kappa shape index (κ2) is 2.79. The first-order valence-electron chi connectivity index (χ1n) is 3.50. The molecule has 0 aliphatic carbocycles. The van der Waals surface area contributed by atoms with Crippen LogP contribution in [0.2, 0.25) is 0 Å². The molecule has 0 saturated heterocycles. The predicted octanol–water partition coefficient (Wildman–Crippen LogP) is 1.15. The van der Waals surface area contributed by atoms with Gasteiger partial charge in [-0.1, -0.05) is 0 Å². The first-order chi connectivity index (χ1) is 5.77. The van der Waals surface area contributed by atoms with Gasteiger partial charge >= 0.3 is 0 Å². The van der Waals surface area contributed by atoms with Gasteiger partial charge in [-0.05, 0) is 12.1 Å². The van der Waals surface area contributed by atoms with E-state index in [1.54, 1.807) is 24.5 Å². The predicted molar refractivity (Wildman–Crippen MR) is 44.9 cm³/mol. The summed E-state index contributed by atoms with van der Waals surface area (Å²) in [4.78, 5) is 0.763. The molecule has 12 heavy (non-hydrogen) atoms. The molecule has 1 aromatic carbocycles. The van der Waals surface area contributed by atoms with Gasteiger partial charge in [-0.25, -0.2) is 0 Å². The molecule has 1 aromatic rings. The molecule has 0 N–H and O–H groups in total. The van der Waals surface area contributed by atoms with E-state index in [0.717, 1.165) is 10.6 Å². The molecule has 0 saturated carbocycles. The van der Waals surface area contributed by atoms with E-state index >= 15 is 0 Å². The highest BCUT2D eigenvalue weighted by Gasteiger charge is 2.13. The average molecular weight is 184 g/mol. The first kappa shape index (κ1) is 7.61. The molecule has 0 amide bonds. The minimum atomic E-state index is -0.957. The molecule has 0 aromatic heterocycles. The molecule has 3 nitrogen and oxygen atoms in total. The molecule has 0 spiro atoms. The summed E-state index contributed by atoms with van der Waals surface area (Å²) in [5.74, 6) is 1.41. The van der Waals surface area contributed by atoms with E-state index in [1.807, 2.05) is 0 Å². The molecule has 0 bridgehead atoms. The zero-order valence-electron chi connectivity index (χ0n) is 6.57. The summed E-state index contributed by atoms with van der Waals surface area (Å²) in [5.41, 5.74) is 0. The summed E-state index contributed by atoms with van der Waals surface area (Å²) in [6, 6.07) is 5.31. The van der Waals surface area contributed by atoms with E-state index in [9.17, 15) is 4.21 Å². The molecule has 2 rings (SSSR count). The highest BCUT2D eigenvalue weighted by atomic mass is 32.2. The van der Waals surface area contributed by atoms with Gasteiger partial charge < -0.3 is 9.47 Å². The van der Waals surface area contributed by atoms with E-state index in [0.29, 0.717) is 5.75 Å². The fourth-order valence-electron chi connectivity index (χ4n) is 1.06. The fourth-order valence-corrected chi connectivity index (χ4v) is 1.59. The van der Waals surface area contributed by atoms with Crippen LogP contribution in [0.1, 0.15) is 0 Å². The fraction of sp³-hybridized carbons (Fsp3) is 0.250. The van der Waals surface area contributed by atoms with Crippen molar-refractivity contribution >= 4 is 10.8 Å². The minimum absolute atomic E-state index is 0.259. The van der Waals surface area contributed by atoms with E-state index in [4.69, 9.17) is 9.47 Å². The molecule has 1 atom stereocenters. The van der Waals surface area contributed by atoms with Gasteiger partial charge in [-0.15, -0.1) is 0 Å². The number of hydrogen-bond donors (Lipinski definition) is 0. The van der Waals surface area contributed by atoms with Gasteiger partial charge in [0.25, 0.3) is 0 Å². The molecule has 1 aliphatic heterocycles. The third-order valence-corrected chi connectivity index (χ3v) is 2.59. The van der Waals surface area contributed by atoms with Crippen molar-refractivity contribution < 1.29 is 13.7 Å². The van der Waals surface area contributed by atoms with Crippen LogP contribution < -0.4 is 9.47 Å². The molecule has 0 radical (unpaired) electrons. The van der Waals surface area contributed by atoms with Crippen LogP contribution in [0.4, 0.5) is 0 Å². The topological polar surface area (TPSA) is 35.5 Å². The van der Waals surface area contributed by atoms with Crippen LogP contribution in [0.15, 0.2) is 23.1 Å². The maximum absolute atomic E-state index is 11.1. The number of fused-ring (bicyclic) bond motifs is 1. The van der Waals surface area contributed by atoms with Gasteiger partial charge in [0.1, 0.15) is 0 Å². The van der Waals surface area contributed by atoms with Crippen LogP contribution in [-0.4, -0.2) is 17.3 Å². The lowest BCUT2D eigenvalue weighted by Gasteiger charge is -1.97. The van der Waals surface area contributed by atoms with Crippen molar-refractivity contribution in [3.8, 4) is 11.5 Å². The lowest BCUT2D eigenvalue weighted by atomic mass is 10.3. The Hall–Kier alpha value is -1.03. The Labute approximate surface area is 72.8 Å². The van der Waals surface area contributed by atoms with Gasteiger partial charge in [0.05, 0.1) is 0 Å². The standard InChI is InChI=1S/C8H8O3S/c1-12(9)6-2-3-7-8(4-6)11-5-10-7/h2-4H,5H2,1H3. The third-order valence-electron chi connectivity index (χ3n) is 1.68. The minimum Gasteiger partial charge on any atom is -0.454 e. The second-order valence-electron chi connectivity index (χ2n) is 2.47. The van der Waals surface area contributed by atoms with Crippen molar-refractivity contribution in [2.75, 3.05) is 13.0 Å². The van der Waals surface area contributed by atoms with Crippen molar-refractivity contribution in [3.05, 3.63) is 18.2 Å². The highest BCUT2D eigenvalue weighted by Crippen LogP contribution is 2.33. The summed E-state index contributed by atoms with van der Waals surface area (Å²) >= 11 is 0. The maximum atomic E-state index is 11.1. The molecule has 1 aliphatic rings. The van der Waals surface area contributed by atoms with Crippen LogP contribution in [0.25, 0.3) is 0 Å². The largest absolute Gasteiger partial charge is 0.454 e. The molecular formula is C8H8O3S. The summed E-state index contributed by atoms with van der Waals surface area (Å²) in [6.07, 6.45) is 1.64. The number of rotatable bonds is 1. The Morgan fingerprint density at radius 1 is 1.33 bits per heavy atom. The van der Waals surface area contributed by atoms with Gasteiger partial charge in [0, 0.05) is 28.0 Å². The summed E-state index contributed by atoms with van der Waals surface area (Å²) in [7, 11) is -0.957. The van der Waals surface area contributed by atoms with Crippen LogP contribution >= 0.6 is 0 Å². The lowest BCUT2D eigenvalue weighted by Crippen LogP contribution is -1.93. The van der Waals surface area contributed by atoms with Crippen molar-refractivity contribution in [3.63, 3.8) is 0 Å². The lowest BCUT2D eigenvalue weighted by molar-refractivity contribution is 0.174. The van der Waals surface area contributed by atoms with E-state index in [-0.39, 0.29) is 6.79 Å². The molecule has 1 unspecified atom stereocenters. The normalized spacial score (nSPS) is 16.1. The van der Waals surface area contributed by atoms with Gasteiger partial charge in [-0.2, -0.15) is 0 Å². The second-order valence-corrected chi connectivity index (χ2v) is 3.85. The van der Waals surface area contributed by atoms with Gasteiger partial charge in [0.2, 0.25) is 6.79 Å². The van der Waals surface area contributed by atoms with Crippen LogP contribution in [0.3, 0.4) is 0 Å². The molecule has 64 valence electrons. The average Bonchev–Trinajstić information content (AvgIpc) is 2.49. The van der Waals surface area contributed by atoms with Crippen molar-refractivity contribution in [1.29, 1.82) is 0 Å². The van der Waals surface area contributed by atoms with Crippen molar-refractivity contribution in [1.82, 2.24) is 0 Å². The Bertz CT molecular complexity index is 335. The van der Waals surface area contributed by atoms with E-state index < -0.39 is 10.8 Å². The van der Waals surface area contributed by atoms with Crippen molar-refractivity contribution in [2.24, 2.45) is 0 Å². The summed E-state index contributed by atoms with van der Waals surface area (Å²) in [6.45, 7) is 0.259. The Balaban J connectivity index is 2.45. The first-order valence-corrected chi connectivity index (χ1v) is 5.06. The van der Waals surface area contributed by atoms with Crippen LogP contribution in [0.5, 0.6) is 11.5 Å². The maximum Gasteiger partial charge on any atom is 0.231 e. The Morgan fingerprint density at radius 3 is 2.83 bits per heavy atom. The zero-order chi connectivity index (χ0) is 8.55. The Kier molecular flexibility index (Phi) is 1.77. The third kappa shape index (κ3) is 1.18. The number of ether oxygens (including phenoxy) is 2. The van der Waals surface area contributed by atoms with Crippen LogP contribution in [-0.2, 0) is 10.8 Å². The molecule has 1 heterocycles. The summed E-state index contributed by atoms with van der Waals surface area (Å²) in [5, 5.41) is 0.